The first kappa shape index (κ1) is 9.85. The second-order valence-corrected chi connectivity index (χ2v) is 2.96. The van der Waals surface area contributed by atoms with Crippen LogP contribution < -0.4 is 0 Å². The van der Waals surface area contributed by atoms with E-state index < -0.39 is 5.97 Å². The maximum Gasteiger partial charge on any atom is 0.376 e. The van der Waals surface area contributed by atoms with Gasteiger partial charge in [-0.3, -0.25) is 0 Å². The van der Waals surface area contributed by atoms with Gasteiger partial charge < -0.3 is 9.26 Å². The first-order chi connectivity index (χ1) is 7.22. The number of ether oxygens (including phenoxy) is 1. The lowest BCUT2D eigenvalue weighted by atomic mass is 10.4. The van der Waals surface area contributed by atoms with Gasteiger partial charge in [-0.25, -0.2) is 9.78 Å². The number of hydrogen-bond acceptors (Lipinski definition) is 6. The Labute approximate surface area is 89.2 Å². The molecule has 0 saturated carbocycles. The fraction of sp³-hybridized carbons (Fsp3) is 0.250. The number of esters is 1. The van der Waals surface area contributed by atoms with Crippen LogP contribution in [0.5, 0.6) is 0 Å². The van der Waals surface area contributed by atoms with E-state index in [1.165, 1.54) is 6.20 Å². The summed E-state index contributed by atoms with van der Waals surface area (Å²) in [6.45, 7) is 1.93. The van der Waals surface area contributed by atoms with Crippen molar-refractivity contribution in [1.82, 2.24) is 15.1 Å². The number of carbonyl (C=O) groups excluding carboxylic acids is 1. The van der Waals surface area contributed by atoms with Crippen LogP contribution in [0.15, 0.2) is 10.7 Å². The van der Waals surface area contributed by atoms with Crippen LogP contribution in [0.1, 0.15) is 17.5 Å². The normalized spacial score (nSPS) is 10.5. The van der Waals surface area contributed by atoms with Gasteiger partial charge in [-0.15, -0.1) is 0 Å². The summed E-state index contributed by atoms with van der Waals surface area (Å²) in [7, 11) is 0. The van der Waals surface area contributed by atoms with E-state index in [9.17, 15) is 4.79 Å². The van der Waals surface area contributed by atoms with Gasteiger partial charge >= 0.3 is 5.97 Å². The molecule has 0 aliphatic rings. The molecule has 0 N–H and O–H groups in total. The van der Waals surface area contributed by atoms with Gasteiger partial charge in [0.2, 0.25) is 5.82 Å². The number of halogens is 1. The molecule has 0 bridgehead atoms. The minimum atomic E-state index is -0.641. The highest BCUT2D eigenvalue weighted by Crippen LogP contribution is 2.19. The van der Waals surface area contributed by atoms with Gasteiger partial charge in [-0.05, 0) is 6.92 Å². The Balaban J connectivity index is 2.49. The highest BCUT2D eigenvalue weighted by atomic mass is 35.5. The quantitative estimate of drug-likeness (QED) is 0.571. The summed E-state index contributed by atoms with van der Waals surface area (Å²) in [4.78, 5) is 18.9. The average Bonchev–Trinajstić information content (AvgIpc) is 2.66. The lowest BCUT2D eigenvalue weighted by Gasteiger charge is -1.99. The predicted octanol–water partition coefficient (Wildman–Crippen LogP) is 1.45. The van der Waals surface area contributed by atoms with Crippen molar-refractivity contribution in [1.29, 1.82) is 0 Å². The Morgan fingerprint density at radius 1 is 1.60 bits per heavy atom. The minimum Gasteiger partial charge on any atom is -0.460 e. The summed E-state index contributed by atoms with van der Waals surface area (Å²) in [5, 5.41) is 4.07. The van der Waals surface area contributed by atoms with E-state index in [1.54, 1.807) is 6.92 Å². The molecule has 0 spiro atoms. The Bertz CT molecular complexity index is 511. The maximum atomic E-state index is 11.3. The van der Waals surface area contributed by atoms with Crippen LogP contribution >= 0.6 is 11.6 Å². The van der Waals surface area contributed by atoms with Crippen LogP contribution in [0.4, 0.5) is 0 Å². The molecule has 2 rings (SSSR count). The van der Waals surface area contributed by atoms with Gasteiger partial charge in [0.1, 0.15) is 5.15 Å². The van der Waals surface area contributed by atoms with Crippen molar-refractivity contribution in [3.8, 4) is 0 Å². The highest BCUT2D eigenvalue weighted by molar-refractivity contribution is 6.33. The third-order valence-corrected chi connectivity index (χ3v) is 1.93. The number of hydrogen-bond donors (Lipinski definition) is 0. The molecule has 2 aromatic rings. The molecular formula is C8H6ClN3O3. The van der Waals surface area contributed by atoms with Crippen molar-refractivity contribution < 1.29 is 14.1 Å². The fourth-order valence-corrected chi connectivity index (χ4v) is 1.23. The number of aromatic nitrogens is 3. The van der Waals surface area contributed by atoms with Gasteiger partial charge in [0.05, 0.1) is 18.2 Å². The zero-order valence-electron chi connectivity index (χ0n) is 7.73. The summed E-state index contributed by atoms with van der Waals surface area (Å²) < 4.78 is 9.50. The monoisotopic (exact) mass is 227 g/mol. The van der Waals surface area contributed by atoms with E-state index in [0.717, 1.165) is 0 Å². The largest absolute Gasteiger partial charge is 0.460 e. The summed E-state index contributed by atoms with van der Waals surface area (Å²) >= 11 is 5.79. The number of rotatable bonds is 2. The lowest BCUT2D eigenvalue weighted by molar-refractivity contribution is 0.0512. The van der Waals surface area contributed by atoms with E-state index in [2.05, 4.69) is 15.1 Å². The molecule has 0 saturated heterocycles. The van der Waals surface area contributed by atoms with Gasteiger partial charge in [0.25, 0.3) is 5.71 Å². The third-order valence-electron chi connectivity index (χ3n) is 1.64. The standard InChI is InChI=1S/C8H6ClN3O3/c1-2-14-8(13)6-11-5(9)4-3-10-15-7(4)12-6/h3H,2H2,1H3. The van der Waals surface area contributed by atoms with E-state index in [1.807, 2.05) is 0 Å². The number of nitrogens with zero attached hydrogens (tertiary/aromatic N) is 3. The van der Waals surface area contributed by atoms with Gasteiger partial charge in [-0.2, -0.15) is 4.98 Å². The smallest absolute Gasteiger partial charge is 0.376 e. The summed E-state index contributed by atoms with van der Waals surface area (Å²) in [5.41, 5.74) is 0.165. The molecule has 78 valence electrons. The van der Waals surface area contributed by atoms with Crippen LogP contribution in [-0.4, -0.2) is 27.7 Å². The Morgan fingerprint density at radius 3 is 3.13 bits per heavy atom. The van der Waals surface area contributed by atoms with Crippen LogP contribution in [-0.2, 0) is 4.74 Å². The molecule has 15 heavy (non-hydrogen) atoms. The molecule has 0 radical (unpaired) electrons. The average molecular weight is 228 g/mol. The molecule has 0 amide bonds. The lowest BCUT2D eigenvalue weighted by Crippen LogP contribution is -2.09. The summed E-state index contributed by atoms with van der Waals surface area (Å²) in [5.74, 6) is -0.774. The van der Waals surface area contributed by atoms with E-state index in [-0.39, 0.29) is 23.3 Å². The molecule has 0 unspecified atom stereocenters. The van der Waals surface area contributed by atoms with E-state index in [4.69, 9.17) is 20.9 Å². The van der Waals surface area contributed by atoms with Crippen LogP contribution in [0.2, 0.25) is 5.15 Å². The molecule has 0 aromatic carbocycles. The number of carbonyl (C=O) groups is 1. The SMILES string of the molecule is CCOC(=O)c1nc(Cl)c2cnoc2n1. The molecule has 2 aromatic heterocycles. The zero-order chi connectivity index (χ0) is 10.8. The highest BCUT2D eigenvalue weighted by Gasteiger charge is 2.16. The third kappa shape index (κ3) is 1.75. The summed E-state index contributed by atoms with van der Waals surface area (Å²) in [6.07, 6.45) is 1.38. The Morgan fingerprint density at radius 2 is 2.40 bits per heavy atom. The topological polar surface area (TPSA) is 78.1 Å². The van der Waals surface area contributed by atoms with Crippen LogP contribution in [0.25, 0.3) is 11.1 Å². The van der Waals surface area contributed by atoms with Gasteiger partial charge in [-0.1, -0.05) is 16.8 Å². The zero-order valence-corrected chi connectivity index (χ0v) is 8.48. The van der Waals surface area contributed by atoms with Crippen molar-refractivity contribution in [2.45, 2.75) is 6.92 Å². The van der Waals surface area contributed by atoms with Crippen molar-refractivity contribution in [3.05, 3.63) is 17.2 Å². The first-order valence-electron chi connectivity index (χ1n) is 4.17. The predicted molar refractivity (Wildman–Crippen MR) is 50.6 cm³/mol. The second-order valence-electron chi connectivity index (χ2n) is 2.60. The van der Waals surface area contributed by atoms with E-state index >= 15 is 0 Å². The Kier molecular flexibility index (Phi) is 2.51. The molecular weight excluding hydrogens is 222 g/mol. The molecule has 0 fully saturated rings. The van der Waals surface area contributed by atoms with Crippen molar-refractivity contribution in [2.24, 2.45) is 0 Å². The van der Waals surface area contributed by atoms with Crippen molar-refractivity contribution >= 4 is 28.7 Å². The van der Waals surface area contributed by atoms with Crippen LogP contribution in [0, 0.1) is 0 Å². The van der Waals surface area contributed by atoms with Crippen molar-refractivity contribution in [2.75, 3.05) is 6.61 Å². The van der Waals surface area contributed by atoms with E-state index in [0.29, 0.717) is 5.39 Å². The maximum absolute atomic E-state index is 11.3. The minimum absolute atomic E-state index is 0.115. The summed E-state index contributed by atoms with van der Waals surface area (Å²) in [6, 6.07) is 0. The van der Waals surface area contributed by atoms with Crippen molar-refractivity contribution in [3.63, 3.8) is 0 Å². The second kappa shape index (κ2) is 3.82. The fourth-order valence-electron chi connectivity index (χ4n) is 1.02. The molecule has 2 heterocycles. The molecule has 0 atom stereocenters. The number of fused-ring (bicyclic) bond motifs is 1. The molecule has 0 aliphatic heterocycles. The molecule has 7 heteroatoms. The first-order valence-corrected chi connectivity index (χ1v) is 4.55. The van der Waals surface area contributed by atoms with Gasteiger partial charge in [0, 0.05) is 0 Å². The molecule has 6 nitrogen and oxygen atoms in total. The van der Waals surface area contributed by atoms with Crippen LogP contribution in [0.3, 0.4) is 0 Å². The van der Waals surface area contributed by atoms with Gasteiger partial charge in [0.15, 0.2) is 0 Å². The molecule has 0 aliphatic carbocycles. The Hall–Kier alpha value is -1.69.